The monoisotopic (exact) mass is 1610 g/mol. The van der Waals surface area contributed by atoms with Crippen LogP contribution >= 0.6 is 0 Å². The molecule has 2 aliphatic rings. The molecule has 0 unspecified atom stereocenters. The zero-order valence-corrected chi connectivity index (χ0v) is 66.7. The van der Waals surface area contributed by atoms with Crippen LogP contribution in [0.15, 0.2) is 133 Å². The van der Waals surface area contributed by atoms with Gasteiger partial charge in [0, 0.05) is 78.8 Å². The van der Waals surface area contributed by atoms with Crippen LogP contribution in [0.25, 0.3) is 21.5 Å². The Hall–Kier alpha value is -12.4. The van der Waals surface area contributed by atoms with Gasteiger partial charge in [0.25, 0.3) is 0 Å². The van der Waals surface area contributed by atoms with Crippen molar-refractivity contribution in [2.45, 2.75) is 196 Å². The molecule has 0 bridgehead atoms. The molecule has 2 aliphatic heterocycles. The van der Waals surface area contributed by atoms with Gasteiger partial charge in [0.2, 0.25) is 70.9 Å². The van der Waals surface area contributed by atoms with E-state index in [1.165, 1.54) is 48.2 Å². The SMILES string of the molecule is CN1C(=O)[C@@H](Cc2ccc(O)cc2)NC(=O)CNC(=O)[C@H](Cc2ccc3ccccc3c2)NC(=O)[C@H](CCCNC(=N)N)NC(=O)[C@H]1CCCNC(=O)CCCCCCCCCCCC(=O)NCCC[C@@H]1C(=O)N[C@@H](CCCNC(=N)N)C(=O)N[C@@H](Cc2ccc3ccccc3c2)C(=O)NCC(=O)N[C@H](Cc2ccc(O)cc2)C(=O)N1C. The largest absolute Gasteiger partial charge is 0.508 e. The number of likely N-dealkylation sites (N-methyl/N-ethyl adjacent to an activating group) is 2. The summed E-state index contributed by atoms with van der Waals surface area (Å²) in [5.74, 6) is -7.95. The lowest BCUT2D eigenvalue weighted by Gasteiger charge is -2.32. The third kappa shape index (κ3) is 30.4. The van der Waals surface area contributed by atoms with Crippen molar-refractivity contribution in [2.75, 3.05) is 53.4 Å². The van der Waals surface area contributed by atoms with Crippen molar-refractivity contribution >= 4 is 104 Å². The Labute approximate surface area is 681 Å². The van der Waals surface area contributed by atoms with Crippen LogP contribution in [-0.4, -0.2) is 205 Å². The summed E-state index contributed by atoms with van der Waals surface area (Å²) < 4.78 is 0. The first kappa shape index (κ1) is 90.2. The van der Waals surface area contributed by atoms with Crippen molar-refractivity contribution in [3.05, 3.63) is 156 Å². The first-order valence-electron chi connectivity index (χ1n) is 40.4. The Bertz CT molecular complexity index is 4140. The van der Waals surface area contributed by atoms with Crippen LogP contribution in [0.1, 0.15) is 144 Å². The molecule has 6 aromatic rings. The van der Waals surface area contributed by atoms with Crippen LogP contribution in [0.5, 0.6) is 11.5 Å². The molecule has 2 fully saturated rings. The summed E-state index contributed by atoms with van der Waals surface area (Å²) in [5.41, 5.74) is 13.7. The molecule has 8 atom stereocenters. The number of guanidine groups is 2. The lowest BCUT2D eigenvalue weighted by Crippen LogP contribution is -2.58. The van der Waals surface area contributed by atoms with Crippen molar-refractivity contribution < 1.29 is 67.7 Å². The molecule has 2 saturated heterocycles. The molecule has 32 heteroatoms. The number of phenolic OH excluding ortho intramolecular Hbond substituents is 2. The van der Waals surface area contributed by atoms with Crippen LogP contribution in [-0.2, 0) is 83.2 Å². The fraction of sp³-hybridized carbons (Fsp3) is 0.459. The summed E-state index contributed by atoms with van der Waals surface area (Å²) in [4.78, 5) is 172. The van der Waals surface area contributed by atoms with E-state index in [0.29, 0.717) is 35.1 Å². The molecule has 2 heterocycles. The lowest BCUT2D eigenvalue weighted by molar-refractivity contribution is -0.142. The maximum absolute atomic E-state index is 14.7. The number of nitrogens with two attached hydrogens (primary N) is 2. The van der Waals surface area contributed by atoms with E-state index in [4.69, 9.17) is 22.3 Å². The Morgan fingerprint density at radius 1 is 0.368 bits per heavy atom. The third-order valence-electron chi connectivity index (χ3n) is 20.9. The topological polar surface area (TPSA) is 496 Å². The van der Waals surface area contributed by atoms with Crippen LogP contribution in [0.2, 0.25) is 0 Å². The van der Waals surface area contributed by atoms with Crippen LogP contribution in [0, 0.1) is 10.8 Å². The third-order valence-corrected chi connectivity index (χ3v) is 20.9. The van der Waals surface area contributed by atoms with Gasteiger partial charge in [0.1, 0.15) is 59.8 Å². The summed E-state index contributed by atoms with van der Waals surface area (Å²) >= 11 is 0. The smallest absolute Gasteiger partial charge is 0.245 e. The van der Waals surface area contributed by atoms with Crippen molar-refractivity contribution in [3.8, 4) is 11.5 Å². The van der Waals surface area contributed by atoms with Crippen LogP contribution in [0.4, 0.5) is 0 Å². The normalized spacial score (nSPS) is 19.6. The minimum Gasteiger partial charge on any atom is -0.508 e. The number of rotatable bonds is 36. The lowest BCUT2D eigenvalue weighted by atomic mass is 10.00. The summed E-state index contributed by atoms with van der Waals surface area (Å²) in [5, 5.41) is 72.4. The molecular formula is C85H114N18O14. The van der Waals surface area contributed by atoms with Crippen molar-refractivity contribution in [2.24, 2.45) is 11.5 Å². The molecule has 8 rings (SSSR count). The number of benzene rings is 6. The molecule has 0 saturated carbocycles. The first-order valence-corrected chi connectivity index (χ1v) is 40.4. The zero-order valence-electron chi connectivity index (χ0n) is 66.7. The van der Waals surface area contributed by atoms with Gasteiger partial charge >= 0.3 is 0 Å². The second-order valence-corrected chi connectivity index (χ2v) is 30.0. The molecule has 32 nitrogen and oxygen atoms in total. The maximum atomic E-state index is 14.7. The highest BCUT2D eigenvalue weighted by Gasteiger charge is 2.38. The Kier molecular flexibility index (Phi) is 36.1. The van der Waals surface area contributed by atoms with Crippen LogP contribution in [0.3, 0.4) is 0 Å². The molecule has 0 aromatic heterocycles. The fourth-order valence-electron chi connectivity index (χ4n) is 14.3. The van der Waals surface area contributed by atoms with Gasteiger partial charge in [0.15, 0.2) is 11.9 Å². The molecule has 20 N–H and O–H groups in total. The fourth-order valence-corrected chi connectivity index (χ4v) is 14.3. The highest BCUT2D eigenvalue weighted by Crippen LogP contribution is 2.23. The predicted octanol–water partition coefficient (Wildman–Crippen LogP) is 3.11. The molecule has 6 aromatic carbocycles. The van der Waals surface area contributed by atoms with Crippen molar-refractivity contribution in [1.82, 2.24) is 73.6 Å². The minimum atomic E-state index is -1.26. The number of nitrogens with one attached hydrogen (secondary N) is 14. The number of hydrogen-bond donors (Lipinski definition) is 18. The van der Waals surface area contributed by atoms with E-state index in [1.54, 1.807) is 24.3 Å². The number of nitrogens with zero attached hydrogens (tertiary/aromatic N) is 2. The minimum absolute atomic E-state index is 0.0158. The van der Waals surface area contributed by atoms with E-state index >= 15 is 0 Å². The Morgan fingerprint density at radius 2 is 0.684 bits per heavy atom. The second kappa shape index (κ2) is 46.8. The Morgan fingerprint density at radius 3 is 1.05 bits per heavy atom. The second-order valence-electron chi connectivity index (χ2n) is 30.0. The highest BCUT2D eigenvalue weighted by molar-refractivity contribution is 5.99. The summed E-state index contributed by atoms with van der Waals surface area (Å²) in [6.45, 7) is -0.471. The summed E-state index contributed by atoms with van der Waals surface area (Å²) in [6, 6.07) is 28.8. The number of hydrogen-bond acceptors (Lipinski definition) is 16. The molecular weight excluding hydrogens is 1500 g/mol. The van der Waals surface area contributed by atoms with Gasteiger partial charge in [-0.2, -0.15) is 0 Å². The van der Waals surface area contributed by atoms with Crippen molar-refractivity contribution in [1.29, 1.82) is 10.8 Å². The molecule has 0 aliphatic carbocycles. The van der Waals surface area contributed by atoms with Gasteiger partial charge in [-0.25, -0.2) is 0 Å². The van der Waals surface area contributed by atoms with Crippen molar-refractivity contribution in [3.63, 3.8) is 0 Å². The quantitative estimate of drug-likeness (QED) is 0.0153. The molecule has 12 amide bonds. The van der Waals surface area contributed by atoms with E-state index in [9.17, 15) is 67.7 Å². The van der Waals surface area contributed by atoms with Gasteiger partial charge in [-0.05, 0) is 132 Å². The van der Waals surface area contributed by atoms with Gasteiger partial charge < -0.3 is 95.3 Å². The number of phenols is 2. The van der Waals surface area contributed by atoms with E-state index < -0.39 is 120 Å². The molecule has 628 valence electrons. The standard InChI is InChI=1S/C85H114N18O14/c1-102-70(80(114)98-64(24-16-44-92-84(86)87)78(112)100-66(50-56-30-36-58-20-12-14-22-60(58)46-56)76(110)94-52-74(108)96-68(82(102)116)48-54-32-38-62(104)39-33-54)26-18-42-90-72(106)28-10-8-6-4-3-5-7-9-11-29-73(107)91-43-19-27-71-81(115)99-65(25-17-45-93-85(88)89)79(113)101-67(51-57-31-37-59-21-13-15-23-61(59)47-57)77(111)95-53-75(109)97-69(83(117)103(71)2)49-55-34-40-63(105)41-35-55/h12-15,20-23,30-41,46-47,64-71,104-105H,3-11,16-19,24-29,42-45,48-53H2,1-2H3,(H,90,106)(H,91,107)(H,94,110)(H,95,111)(H,96,108)(H,97,109)(H,98,114)(H,99,115)(H,100,112)(H,101,113)(H4,86,87,92)(H4,88,89,93)/t64-,65-,66-,67-,68+,69+,70+,71+/m0/s1. The average molecular weight is 1610 g/mol. The number of amides is 12. The molecule has 117 heavy (non-hydrogen) atoms. The van der Waals surface area contributed by atoms with Crippen LogP contribution < -0.4 is 75.3 Å². The van der Waals surface area contributed by atoms with Gasteiger partial charge in [-0.3, -0.25) is 68.4 Å². The van der Waals surface area contributed by atoms with E-state index in [-0.39, 0.29) is 151 Å². The van der Waals surface area contributed by atoms with E-state index in [2.05, 4.69) is 63.8 Å². The summed E-state index contributed by atoms with van der Waals surface area (Å²) in [6.07, 6.45) is 9.04. The van der Waals surface area contributed by atoms with E-state index in [1.807, 2.05) is 84.9 Å². The zero-order chi connectivity index (χ0) is 84.2. The molecule has 0 radical (unpaired) electrons. The van der Waals surface area contributed by atoms with Gasteiger partial charge in [-0.1, -0.05) is 154 Å². The number of aromatic hydroxyl groups is 2. The molecule has 0 spiro atoms. The number of fused-ring (bicyclic) bond motifs is 2. The van der Waals surface area contributed by atoms with E-state index in [0.717, 1.165) is 66.5 Å². The first-order chi connectivity index (χ1) is 56.3. The predicted molar refractivity (Wildman–Crippen MR) is 443 cm³/mol. The number of unbranched alkanes of at least 4 members (excludes halogenated alkanes) is 8. The maximum Gasteiger partial charge on any atom is 0.245 e. The average Bonchev–Trinajstić information content (AvgIpc) is 1.73. The number of carbonyl (C=O) groups excluding carboxylic acids is 12. The number of carbonyl (C=O) groups is 12. The van der Waals surface area contributed by atoms with Gasteiger partial charge in [0.05, 0.1) is 13.1 Å². The Balaban J connectivity index is 0.794. The summed E-state index contributed by atoms with van der Waals surface area (Å²) in [7, 11) is 2.84. The van der Waals surface area contributed by atoms with Gasteiger partial charge in [-0.15, -0.1) is 0 Å². The highest BCUT2D eigenvalue weighted by atomic mass is 16.3.